The number of ether oxygens (including phenoxy) is 1. The van der Waals surface area contributed by atoms with Gasteiger partial charge < -0.3 is 19.7 Å². The summed E-state index contributed by atoms with van der Waals surface area (Å²) in [7, 11) is -2.35. The third-order valence-electron chi connectivity index (χ3n) is 6.95. The molecule has 0 unspecified atom stereocenters. The van der Waals surface area contributed by atoms with Crippen LogP contribution in [-0.4, -0.2) is 34.0 Å². The van der Waals surface area contributed by atoms with Gasteiger partial charge in [0.15, 0.2) is 0 Å². The molecule has 5 aromatic rings. The minimum atomic E-state index is -4.03. The van der Waals surface area contributed by atoms with E-state index in [9.17, 15) is 18.4 Å². The highest BCUT2D eigenvalue weighted by Gasteiger charge is 2.32. The molecule has 5 rings (SSSR count). The van der Waals surface area contributed by atoms with Crippen molar-refractivity contribution in [3.63, 3.8) is 0 Å². The number of nitrogens with zero attached hydrogens (tertiary/aromatic N) is 4. The summed E-state index contributed by atoms with van der Waals surface area (Å²) in [6.45, 7) is 3.80. The lowest BCUT2D eigenvalue weighted by Crippen LogP contribution is -2.44. The van der Waals surface area contributed by atoms with E-state index in [1.54, 1.807) is 36.3 Å². The van der Waals surface area contributed by atoms with E-state index in [1.165, 1.54) is 34.9 Å². The van der Waals surface area contributed by atoms with Crippen LogP contribution in [0.25, 0.3) is 16.6 Å². The molecule has 0 aliphatic heterocycles. The van der Waals surface area contributed by atoms with Crippen LogP contribution in [0.5, 0.6) is 5.75 Å². The van der Waals surface area contributed by atoms with Crippen molar-refractivity contribution in [1.29, 1.82) is 0 Å². The van der Waals surface area contributed by atoms with E-state index in [4.69, 9.17) is 9.94 Å². The van der Waals surface area contributed by atoms with Gasteiger partial charge in [-0.3, -0.25) is 10.0 Å². The molecule has 0 saturated carbocycles. The van der Waals surface area contributed by atoms with E-state index in [0.717, 1.165) is 22.2 Å². The van der Waals surface area contributed by atoms with Crippen LogP contribution in [0.1, 0.15) is 25.5 Å². The molecule has 2 atom stereocenters. The highest BCUT2D eigenvalue weighted by atomic mass is 32.2. The van der Waals surface area contributed by atoms with Crippen LogP contribution < -0.4 is 20.2 Å². The smallest absolute Gasteiger partial charge is 0.250 e. The molecule has 42 heavy (non-hydrogen) atoms. The van der Waals surface area contributed by atoms with Gasteiger partial charge in [0.05, 0.1) is 34.0 Å². The molecule has 2 aromatic heterocycles. The highest BCUT2D eigenvalue weighted by Crippen LogP contribution is 2.32. The number of rotatable bonds is 10. The average molecular weight is 589 g/mol. The molecule has 12 heteroatoms. The molecule has 0 fully saturated rings. The predicted octanol–water partition coefficient (Wildman–Crippen LogP) is 4.54. The lowest BCUT2D eigenvalue weighted by atomic mass is 9.94. The summed E-state index contributed by atoms with van der Waals surface area (Å²) in [5, 5.41) is 25.2. The largest absolute Gasteiger partial charge is 0.733 e. The van der Waals surface area contributed by atoms with Crippen molar-refractivity contribution in [3.05, 3.63) is 118 Å². The first-order valence-electron chi connectivity index (χ1n) is 13.2. The number of fused-ring (bicyclic) bond motifs is 1. The predicted molar refractivity (Wildman–Crippen MR) is 159 cm³/mol. The standard InChI is InChI=1S/C30H30N5O6S/c1-20(2)29(32-42(39,40)26-13-9-23(10-14-26)35(37)38)30(21-7-5-4-6-8-21)41-25-12-15-27-22(17-25)18-31-34(27)24-11-16-28(36)33(3)19-24/h4-20,29-30,32,37H,1-3H3/q-1/t29-,30+/m0/s1. The van der Waals surface area contributed by atoms with Crippen molar-refractivity contribution >= 4 is 26.6 Å². The van der Waals surface area contributed by atoms with Gasteiger partial charge in [0.1, 0.15) is 11.9 Å². The van der Waals surface area contributed by atoms with Gasteiger partial charge in [-0.1, -0.05) is 44.2 Å². The number of aryl methyl sites for hydroxylation is 1. The number of hydrogen-bond acceptors (Lipinski definition) is 8. The number of sulfonamides is 1. The fourth-order valence-electron chi connectivity index (χ4n) is 4.68. The minimum absolute atomic E-state index is 0.0576. The zero-order valence-corrected chi connectivity index (χ0v) is 24.0. The quantitative estimate of drug-likeness (QED) is 0.227. The SMILES string of the molecule is CC(C)[C@H](NS(=O)(=O)c1ccc(N([O-])O)cc1)[C@H](Oc1ccc2c(cnn2-c2ccc(=O)n(C)c2)c1)c1ccccc1. The second-order valence-electron chi connectivity index (χ2n) is 10.2. The molecule has 0 radical (unpaired) electrons. The van der Waals surface area contributed by atoms with Gasteiger partial charge in [0, 0.05) is 24.7 Å². The van der Waals surface area contributed by atoms with Crippen LogP contribution >= 0.6 is 0 Å². The third-order valence-corrected chi connectivity index (χ3v) is 8.42. The minimum Gasteiger partial charge on any atom is -0.733 e. The van der Waals surface area contributed by atoms with Crippen LogP contribution in [0.3, 0.4) is 0 Å². The van der Waals surface area contributed by atoms with Gasteiger partial charge >= 0.3 is 0 Å². The fraction of sp³-hybridized carbons (Fsp3) is 0.200. The number of benzene rings is 3. The summed E-state index contributed by atoms with van der Waals surface area (Å²) in [6.07, 6.45) is 2.70. The second-order valence-corrected chi connectivity index (χ2v) is 11.9. The topological polar surface area (TPSA) is 142 Å². The average Bonchev–Trinajstić information content (AvgIpc) is 3.40. The molecule has 11 nitrogen and oxygen atoms in total. The molecule has 0 aliphatic carbocycles. The normalized spacial score (nSPS) is 13.3. The Bertz CT molecular complexity index is 1850. The van der Waals surface area contributed by atoms with Crippen LogP contribution in [0, 0.1) is 11.1 Å². The van der Waals surface area contributed by atoms with Crippen LogP contribution in [-0.2, 0) is 17.1 Å². The molecular weight excluding hydrogens is 558 g/mol. The molecule has 3 aromatic carbocycles. The van der Waals surface area contributed by atoms with E-state index in [2.05, 4.69) is 9.82 Å². The maximum Gasteiger partial charge on any atom is 0.250 e. The van der Waals surface area contributed by atoms with Gasteiger partial charge in [0.2, 0.25) is 15.6 Å². The summed E-state index contributed by atoms with van der Waals surface area (Å²) >= 11 is 0. The van der Waals surface area contributed by atoms with Crippen molar-refractivity contribution in [1.82, 2.24) is 19.1 Å². The maximum absolute atomic E-state index is 13.4. The molecule has 0 bridgehead atoms. The van der Waals surface area contributed by atoms with E-state index < -0.39 is 22.2 Å². The fourth-order valence-corrected chi connectivity index (χ4v) is 6.06. The Labute approximate surface area is 242 Å². The van der Waals surface area contributed by atoms with Crippen molar-refractivity contribution in [2.45, 2.75) is 30.9 Å². The summed E-state index contributed by atoms with van der Waals surface area (Å²) < 4.78 is 39.4. The van der Waals surface area contributed by atoms with Crippen LogP contribution in [0.15, 0.2) is 107 Å². The Balaban J connectivity index is 1.48. The van der Waals surface area contributed by atoms with Crippen LogP contribution in [0.4, 0.5) is 5.69 Å². The number of anilines is 1. The lowest BCUT2D eigenvalue weighted by Gasteiger charge is -2.32. The summed E-state index contributed by atoms with van der Waals surface area (Å²) in [6, 6.07) is 22.3. The number of hydrogen-bond donors (Lipinski definition) is 2. The molecule has 0 spiro atoms. The van der Waals surface area contributed by atoms with Gasteiger partial charge in [-0.25, -0.2) is 17.8 Å². The van der Waals surface area contributed by atoms with Crippen molar-refractivity contribution in [2.24, 2.45) is 13.0 Å². The highest BCUT2D eigenvalue weighted by molar-refractivity contribution is 7.89. The van der Waals surface area contributed by atoms with Crippen molar-refractivity contribution < 1.29 is 18.4 Å². The van der Waals surface area contributed by atoms with Crippen LogP contribution in [0.2, 0.25) is 0 Å². The summed E-state index contributed by atoms with van der Waals surface area (Å²) in [5.74, 6) is 0.332. The molecule has 2 heterocycles. The zero-order valence-electron chi connectivity index (χ0n) is 23.2. The van der Waals surface area contributed by atoms with Crippen molar-refractivity contribution in [2.75, 3.05) is 5.23 Å². The molecular formula is C30H30N5O6S-. The Morgan fingerprint density at radius 2 is 1.71 bits per heavy atom. The summed E-state index contributed by atoms with van der Waals surface area (Å²) in [4.78, 5) is 11.8. The first-order valence-corrected chi connectivity index (χ1v) is 14.7. The maximum atomic E-state index is 13.4. The monoisotopic (exact) mass is 588 g/mol. The Kier molecular flexibility index (Phi) is 8.14. The number of aromatic nitrogens is 3. The Morgan fingerprint density at radius 3 is 2.36 bits per heavy atom. The molecule has 0 aliphatic rings. The number of nitrogens with one attached hydrogen (secondary N) is 1. The summed E-state index contributed by atoms with van der Waals surface area (Å²) in [5.41, 5.74) is 2.10. The van der Waals surface area contributed by atoms with Gasteiger partial charge in [0.25, 0.3) is 0 Å². The van der Waals surface area contributed by atoms with E-state index >= 15 is 0 Å². The van der Waals surface area contributed by atoms with Gasteiger partial charge in [-0.05, 0) is 60.0 Å². The molecule has 218 valence electrons. The first-order chi connectivity index (χ1) is 20.0. The van der Waals surface area contributed by atoms with Gasteiger partial charge in [-0.2, -0.15) is 5.10 Å². The first kappa shape index (κ1) is 29.0. The lowest BCUT2D eigenvalue weighted by molar-refractivity contribution is 0.142. The van der Waals surface area contributed by atoms with Gasteiger partial charge in [-0.15, -0.1) is 0 Å². The van der Waals surface area contributed by atoms with E-state index in [0.29, 0.717) is 5.75 Å². The molecule has 2 N–H and O–H groups in total. The Morgan fingerprint density at radius 1 is 1.00 bits per heavy atom. The van der Waals surface area contributed by atoms with Crippen molar-refractivity contribution in [3.8, 4) is 11.4 Å². The number of pyridine rings is 1. The van der Waals surface area contributed by atoms with E-state index in [1.807, 2.05) is 56.3 Å². The Hall–Kier alpha value is -4.49. The second kappa shape index (κ2) is 11.8. The molecule has 0 amide bonds. The molecule has 0 saturated heterocycles. The third kappa shape index (κ3) is 6.06. The zero-order chi connectivity index (χ0) is 30.0. The van der Waals surface area contributed by atoms with E-state index in [-0.39, 0.29) is 27.3 Å².